The van der Waals surface area contributed by atoms with Gasteiger partial charge in [0.1, 0.15) is 0 Å². The number of ketones is 1. The molecule has 1 aliphatic rings. The van der Waals surface area contributed by atoms with Gasteiger partial charge in [-0.25, -0.2) is 0 Å². The Bertz CT molecular complexity index is 739. The Morgan fingerprint density at radius 2 is 1.87 bits per heavy atom. The van der Waals surface area contributed by atoms with Crippen LogP contribution < -0.4 is 4.87 Å². The molecule has 2 heterocycles. The van der Waals surface area contributed by atoms with Crippen molar-refractivity contribution in [2.24, 2.45) is 0 Å². The van der Waals surface area contributed by atoms with E-state index in [4.69, 9.17) is 0 Å². The van der Waals surface area contributed by atoms with Gasteiger partial charge in [-0.2, -0.15) is 0 Å². The number of nitrogens with zero attached hydrogens (tertiary/aromatic N) is 2. The van der Waals surface area contributed by atoms with E-state index >= 15 is 0 Å². The van der Waals surface area contributed by atoms with E-state index in [2.05, 4.69) is 4.90 Å². The predicted octanol–water partition coefficient (Wildman–Crippen LogP) is 3.53. The molecule has 1 saturated heterocycles. The van der Waals surface area contributed by atoms with Gasteiger partial charge in [-0.05, 0) is 44.1 Å². The molecule has 1 fully saturated rings. The second-order valence-corrected chi connectivity index (χ2v) is 7.23. The van der Waals surface area contributed by atoms with Gasteiger partial charge in [0.25, 0.3) is 0 Å². The van der Waals surface area contributed by atoms with Gasteiger partial charge in [-0.15, -0.1) is 0 Å². The topological polar surface area (TPSA) is 42.3 Å². The fraction of sp³-hybridized carbons (Fsp3) is 0.556. The lowest BCUT2D eigenvalue weighted by Gasteiger charge is -2.19. The molecule has 23 heavy (non-hydrogen) atoms. The first-order valence-corrected chi connectivity index (χ1v) is 9.39. The number of thiazole rings is 1. The van der Waals surface area contributed by atoms with Crippen molar-refractivity contribution in [1.29, 1.82) is 0 Å². The van der Waals surface area contributed by atoms with Gasteiger partial charge in [0.15, 0.2) is 5.78 Å². The average Bonchev–Trinajstić information content (AvgIpc) is 2.73. The van der Waals surface area contributed by atoms with E-state index in [9.17, 15) is 9.59 Å². The van der Waals surface area contributed by atoms with Gasteiger partial charge < -0.3 is 4.90 Å². The minimum Gasteiger partial charge on any atom is -0.302 e. The Labute approximate surface area is 140 Å². The number of likely N-dealkylation sites (tertiary alicyclic amines) is 1. The highest BCUT2D eigenvalue weighted by Crippen LogP contribution is 2.20. The maximum atomic E-state index is 12.3. The lowest BCUT2D eigenvalue weighted by Crippen LogP contribution is -2.30. The molecule has 0 saturated carbocycles. The average molecular weight is 332 g/mol. The van der Waals surface area contributed by atoms with E-state index in [1.54, 1.807) is 0 Å². The van der Waals surface area contributed by atoms with Gasteiger partial charge in [-0.1, -0.05) is 31.1 Å². The number of fused-ring (bicyclic) bond motifs is 1. The molecule has 0 bridgehead atoms. The van der Waals surface area contributed by atoms with E-state index < -0.39 is 0 Å². The predicted molar refractivity (Wildman–Crippen MR) is 95.6 cm³/mol. The molecule has 0 radical (unpaired) electrons. The van der Waals surface area contributed by atoms with Crippen molar-refractivity contribution in [1.82, 2.24) is 9.47 Å². The monoisotopic (exact) mass is 332 g/mol. The molecule has 2 aromatic rings. The first-order valence-electron chi connectivity index (χ1n) is 8.58. The third-order valence-corrected chi connectivity index (χ3v) is 5.59. The summed E-state index contributed by atoms with van der Waals surface area (Å²) in [5.41, 5.74) is 1.67. The van der Waals surface area contributed by atoms with Crippen molar-refractivity contribution in [2.45, 2.75) is 45.6 Å². The van der Waals surface area contributed by atoms with Crippen molar-refractivity contribution >= 4 is 27.3 Å². The molecule has 1 aliphatic heterocycles. The number of Topliss-reactive ketones (excluding diaryl/α,β-unsaturated/α-hetero) is 1. The Morgan fingerprint density at radius 3 is 2.57 bits per heavy atom. The van der Waals surface area contributed by atoms with Crippen LogP contribution in [0.2, 0.25) is 0 Å². The van der Waals surface area contributed by atoms with Crippen molar-refractivity contribution < 1.29 is 4.79 Å². The molecular formula is C18H24N2O2S. The third-order valence-electron chi connectivity index (χ3n) is 4.65. The fourth-order valence-corrected chi connectivity index (χ4v) is 4.21. The minimum absolute atomic E-state index is 0.0796. The second-order valence-electron chi connectivity index (χ2n) is 6.23. The normalized spacial score (nSPS) is 16.6. The molecule has 0 unspecified atom stereocenters. The molecule has 0 spiro atoms. The number of carbonyl (C=O) groups is 1. The number of carbonyl (C=O) groups excluding carboxylic acids is 1. The SMILES string of the molecule is CCC(=O)c1ccc2c(c1)sc(=O)n2CCN1CCCCCC1. The maximum absolute atomic E-state index is 12.3. The summed E-state index contributed by atoms with van der Waals surface area (Å²) in [5, 5.41) is 0. The summed E-state index contributed by atoms with van der Waals surface area (Å²) in [4.78, 5) is 26.7. The van der Waals surface area contributed by atoms with E-state index in [1.165, 1.54) is 37.0 Å². The van der Waals surface area contributed by atoms with Crippen LogP contribution in [-0.2, 0) is 6.54 Å². The standard InChI is InChI=1S/C18H24N2O2S/c1-2-16(21)14-7-8-15-17(13-14)23-18(22)20(15)12-11-19-9-5-3-4-6-10-19/h7-8,13H,2-6,9-12H2,1H3. The van der Waals surface area contributed by atoms with Crippen LogP contribution in [0.4, 0.5) is 0 Å². The highest BCUT2D eigenvalue weighted by molar-refractivity contribution is 7.16. The van der Waals surface area contributed by atoms with E-state index in [-0.39, 0.29) is 10.7 Å². The quantitative estimate of drug-likeness (QED) is 0.787. The van der Waals surface area contributed by atoms with Crippen LogP contribution in [0.1, 0.15) is 49.4 Å². The first kappa shape index (κ1) is 16.4. The van der Waals surface area contributed by atoms with Crippen molar-refractivity contribution in [3.05, 3.63) is 33.4 Å². The van der Waals surface area contributed by atoms with Gasteiger partial charge >= 0.3 is 4.87 Å². The highest BCUT2D eigenvalue weighted by atomic mass is 32.1. The molecule has 124 valence electrons. The van der Waals surface area contributed by atoms with Gasteiger partial charge in [0.05, 0.1) is 10.2 Å². The zero-order valence-corrected chi connectivity index (χ0v) is 14.5. The highest BCUT2D eigenvalue weighted by Gasteiger charge is 2.13. The van der Waals surface area contributed by atoms with Crippen LogP contribution in [0.25, 0.3) is 10.2 Å². The van der Waals surface area contributed by atoms with E-state index in [1.807, 2.05) is 29.7 Å². The molecular weight excluding hydrogens is 308 g/mol. The lowest BCUT2D eigenvalue weighted by molar-refractivity contribution is 0.0988. The summed E-state index contributed by atoms with van der Waals surface area (Å²) in [6.45, 7) is 5.82. The largest absolute Gasteiger partial charge is 0.308 e. The Hall–Kier alpha value is -1.46. The first-order chi connectivity index (χ1) is 11.2. The van der Waals surface area contributed by atoms with Crippen molar-refractivity contribution in [3.63, 3.8) is 0 Å². The fourth-order valence-electron chi connectivity index (χ4n) is 3.26. The molecule has 0 atom stereocenters. The van der Waals surface area contributed by atoms with Crippen LogP contribution >= 0.6 is 11.3 Å². The summed E-state index contributed by atoms with van der Waals surface area (Å²) in [6, 6.07) is 5.65. The van der Waals surface area contributed by atoms with E-state index in [0.29, 0.717) is 12.0 Å². The number of benzene rings is 1. The maximum Gasteiger partial charge on any atom is 0.308 e. The third kappa shape index (κ3) is 3.72. The molecule has 5 heteroatoms. The summed E-state index contributed by atoms with van der Waals surface area (Å²) in [6.07, 6.45) is 5.68. The Balaban J connectivity index is 1.79. The lowest BCUT2D eigenvalue weighted by atomic mass is 10.1. The molecule has 0 amide bonds. The summed E-state index contributed by atoms with van der Waals surface area (Å²) >= 11 is 1.25. The molecule has 1 aromatic carbocycles. The van der Waals surface area contributed by atoms with Gasteiger partial charge in [0.2, 0.25) is 0 Å². The molecule has 1 aromatic heterocycles. The van der Waals surface area contributed by atoms with Crippen molar-refractivity contribution in [3.8, 4) is 0 Å². The van der Waals surface area contributed by atoms with Crippen LogP contribution in [0, 0.1) is 0 Å². The summed E-state index contributed by atoms with van der Waals surface area (Å²) < 4.78 is 2.79. The van der Waals surface area contributed by atoms with Crippen molar-refractivity contribution in [2.75, 3.05) is 19.6 Å². The van der Waals surface area contributed by atoms with Crippen LogP contribution in [0.15, 0.2) is 23.0 Å². The van der Waals surface area contributed by atoms with Crippen LogP contribution in [0.3, 0.4) is 0 Å². The molecule has 4 nitrogen and oxygen atoms in total. The zero-order chi connectivity index (χ0) is 16.2. The van der Waals surface area contributed by atoms with E-state index in [0.717, 1.165) is 36.4 Å². The molecule has 0 N–H and O–H groups in total. The smallest absolute Gasteiger partial charge is 0.302 e. The van der Waals surface area contributed by atoms with Crippen LogP contribution in [0.5, 0.6) is 0 Å². The molecule has 0 aliphatic carbocycles. The number of hydrogen-bond acceptors (Lipinski definition) is 4. The second kappa shape index (κ2) is 7.41. The zero-order valence-electron chi connectivity index (χ0n) is 13.7. The van der Waals surface area contributed by atoms with Gasteiger partial charge in [-0.3, -0.25) is 14.2 Å². The number of hydrogen-bond donors (Lipinski definition) is 0. The minimum atomic E-state index is 0.0796. The Morgan fingerprint density at radius 1 is 1.13 bits per heavy atom. The molecule has 3 rings (SSSR count). The van der Waals surface area contributed by atoms with Gasteiger partial charge in [0, 0.05) is 25.1 Å². The summed E-state index contributed by atoms with van der Waals surface area (Å²) in [7, 11) is 0. The number of aromatic nitrogens is 1. The number of rotatable bonds is 5. The summed E-state index contributed by atoms with van der Waals surface area (Å²) in [5.74, 6) is 0.129. The van der Waals surface area contributed by atoms with Crippen LogP contribution in [-0.4, -0.2) is 34.9 Å². The Kier molecular flexibility index (Phi) is 5.28.